The minimum absolute atomic E-state index is 0.353. The van der Waals surface area contributed by atoms with Gasteiger partial charge in [-0.15, -0.1) is 0 Å². The van der Waals surface area contributed by atoms with Crippen molar-refractivity contribution < 1.29 is 13.9 Å². The van der Waals surface area contributed by atoms with Crippen molar-refractivity contribution in [2.45, 2.75) is 12.5 Å². The molecule has 0 aromatic heterocycles. The molecule has 0 radical (unpaired) electrons. The maximum absolute atomic E-state index is 14.1. The molecule has 20 heavy (non-hydrogen) atoms. The average Bonchev–Trinajstić information content (AvgIpc) is 2.93. The van der Waals surface area contributed by atoms with Crippen LogP contribution in [0.25, 0.3) is 0 Å². The third-order valence-electron chi connectivity index (χ3n) is 3.62. The minimum atomic E-state index is -0.494. The number of fused-ring (bicyclic) bond motifs is 1. The summed E-state index contributed by atoms with van der Waals surface area (Å²) < 4.78 is 24.5. The van der Waals surface area contributed by atoms with Gasteiger partial charge < -0.3 is 15.2 Å². The smallest absolute Gasteiger partial charge is 0.132 e. The van der Waals surface area contributed by atoms with Crippen LogP contribution in [0.3, 0.4) is 0 Å². The van der Waals surface area contributed by atoms with Gasteiger partial charge in [0, 0.05) is 18.1 Å². The number of hydrogen-bond acceptors (Lipinski definition) is 3. The predicted molar refractivity (Wildman–Crippen MR) is 74.6 cm³/mol. The zero-order valence-corrected chi connectivity index (χ0v) is 11.2. The number of methoxy groups -OCH3 is 1. The molecule has 2 N–H and O–H groups in total. The van der Waals surface area contributed by atoms with E-state index in [9.17, 15) is 4.39 Å². The monoisotopic (exact) mass is 273 g/mol. The number of ether oxygens (including phenoxy) is 2. The molecule has 1 aliphatic heterocycles. The SMILES string of the molecule is COc1ccc(C(N)c2ccc3c(c2)CCO3)c(F)c1. The van der Waals surface area contributed by atoms with Crippen molar-refractivity contribution in [3.05, 3.63) is 58.9 Å². The standard InChI is InChI=1S/C16H16FNO2/c1-19-12-3-4-13(14(17)9-12)16(18)11-2-5-15-10(8-11)6-7-20-15/h2-5,8-9,16H,6-7,18H2,1H3. The van der Waals surface area contributed by atoms with Crippen LogP contribution in [0.5, 0.6) is 11.5 Å². The lowest BCUT2D eigenvalue weighted by Crippen LogP contribution is -2.13. The highest BCUT2D eigenvalue weighted by Crippen LogP contribution is 2.31. The van der Waals surface area contributed by atoms with E-state index in [1.165, 1.54) is 13.2 Å². The van der Waals surface area contributed by atoms with Gasteiger partial charge in [0.1, 0.15) is 17.3 Å². The first-order valence-corrected chi connectivity index (χ1v) is 6.53. The summed E-state index contributed by atoms with van der Waals surface area (Å²) in [6.07, 6.45) is 0.876. The maximum Gasteiger partial charge on any atom is 0.132 e. The molecular formula is C16H16FNO2. The molecule has 3 rings (SSSR count). The molecule has 0 saturated carbocycles. The van der Waals surface area contributed by atoms with Crippen molar-refractivity contribution in [3.63, 3.8) is 0 Å². The molecule has 0 spiro atoms. The summed E-state index contributed by atoms with van der Waals surface area (Å²) in [6.45, 7) is 0.699. The van der Waals surface area contributed by atoms with Crippen molar-refractivity contribution in [2.24, 2.45) is 5.73 Å². The Morgan fingerprint density at radius 2 is 2.10 bits per heavy atom. The van der Waals surface area contributed by atoms with E-state index in [0.29, 0.717) is 17.9 Å². The van der Waals surface area contributed by atoms with Crippen LogP contribution in [-0.2, 0) is 6.42 Å². The third-order valence-corrected chi connectivity index (χ3v) is 3.62. The van der Waals surface area contributed by atoms with E-state index < -0.39 is 6.04 Å². The normalized spacial score (nSPS) is 14.6. The maximum atomic E-state index is 14.1. The lowest BCUT2D eigenvalue weighted by Gasteiger charge is -2.15. The first kappa shape index (κ1) is 12.9. The molecule has 104 valence electrons. The molecule has 0 fully saturated rings. The Bertz CT molecular complexity index is 642. The second-order valence-corrected chi connectivity index (χ2v) is 4.83. The molecule has 0 aliphatic carbocycles. The molecule has 2 aromatic carbocycles. The van der Waals surface area contributed by atoms with E-state index >= 15 is 0 Å². The van der Waals surface area contributed by atoms with Gasteiger partial charge in [-0.3, -0.25) is 0 Å². The Hall–Kier alpha value is -2.07. The van der Waals surface area contributed by atoms with Gasteiger partial charge in [-0.05, 0) is 23.3 Å². The Kier molecular flexibility index (Phi) is 3.32. The van der Waals surface area contributed by atoms with Crippen molar-refractivity contribution in [2.75, 3.05) is 13.7 Å². The first-order valence-electron chi connectivity index (χ1n) is 6.53. The van der Waals surface area contributed by atoms with Crippen LogP contribution in [0.15, 0.2) is 36.4 Å². The van der Waals surface area contributed by atoms with E-state index in [-0.39, 0.29) is 5.82 Å². The Morgan fingerprint density at radius 1 is 1.25 bits per heavy atom. The minimum Gasteiger partial charge on any atom is -0.497 e. The quantitative estimate of drug-likeness (QED) is 0.935. The van der Waals surface area contributed by atoms with Gasteiger partial charge in [0.25, 0.3) is 0 Å². The number of rotatable bonds is 3. The topological polar surface area (TPSA) is 44.5 Å². The van der Waals surface area contributed by atoms with Crippen molar-refractivity contribution in [1.82, 2.24) is 0 Å². The molecule has 1 atom stereocenters. The number of halogens is 1. The van der Waals surface area contributed by atoms with Crippen molar-refractivity contribution in [1.29, 1.82) is 0 Å². The Morgan fingerprint density at radius 3 is 2.85 bits per heavy atom. The van der Waals surface area contributed by atoms with E-state index in [1.807, 2.05) is 18.2 Å². The molecular weight excluding hydrogens is 257 g/mol. The largest absolute Gasteiger partial charge is 0.497 e. The fourth-order valence-electron chi connectivity index (χ4n) is 2.47. The Balaban J connectivity index is 1.94. The van der Waals surface area contributed by atoms with E-state index in [2.05, 4.69) is 0 Å². The van der Waals surface area contributed by atoms with Crippen LogP contribution in [0, 0.1) is 5.82 Å². The van der Waals surface area contributed by atoms with Crippen LogP contribution in [0.1, 0.15) is 22.7 Å². The van der Waals surface area contributed by atoms with Gasteiger partial charge in [-0.1, -0.05) is 18.2 Å². The molecule has 0 amide bonds. The van der Waals surface area contributed by atoms with Gasteiger partial charge >= 0.3 is 0 Å². The summed E-state index contributed by atoms with van der Waals surface area (Å²) in [7, 11) is 1.51. The molecule has 2 aromatic rings. The summed E-state index contributed by atoms with van der Waals surface area (Å²) in [5.41, 5.74) is 8.66. The fraction of sp³-hybridized carbons (Fsp3) is 0.250. The van der Waals surface area contributed by atoms with Gasteiger partial charge in [0.2, 0.25) is 0 Å². The summed E-state index contributed by atoms with van der Waals surface area (Å²) in [4.78, 5) is 0. The molecule has 3 nitrogen and oxygen atoms in total. The highest BCUT2D eigenvalue weighted by Gasteiger charge is 2.18. The van der Waals surface area contributed by atoms with Gasteiger partial charge in [-0.2, -0.15) is 0 Å². The van der Waals surface area contributed by atoms with Gasteiger partial charge in [-0.25, -0.2) is 4.39 Å². The fourth-order valence-corrected chi connectivity index (χ4v) is 2.47. The summed E-state index contributed by atoms with van der Waals surface area (Å²) in [6, 6.07) is 10.0. The first-order chi connectivity index (χ1) is 9.69. The molecule has 1 unspecified atom stereocenters. The van der Waals surface area contributed by atoms with Crippen LogP contribution in [-0.4, -0.2) is 13.7 Å². The van der Waals surface area contributed by atoms with E-state index in [1.54, 1.807) is 12.1 Å². The zero-order chi connectivity index (χ0) is 14.1. The zero-order valence-electron chi connectivity index (χ0n) is 11.2. The number of nitrogens with two attached hydrogens (primary N) is 1. The number of hydrogen-bond donors (Lipinski definition) is 1. The lowest BCUT2D eigenvalue weighted by molar-refractivity contribution is 0.357. The van der Waals surface area contributed by atoms with Crippen molar-refractivity contribution >= 4 is 0 Å². The van der Waals surface area contributed by atoms with Crippen LogP contribution in [0.2, 0.25) is 0 Å². The highest BCUT2D eigenvalue weighted by atomic mass is 19.1. The van der Waals surface area contributed by atoms with Crippen LogP contribution >= 0.6 is 0 Å². The number of benzene rings is 2. The molecule has 4 heteroatoms. The lowest BCUT2D eigenvalue weighted by atomic mass is 9.97. The summed E-state index contributed by atoms with van der Waals surface area (Å²) in [5.74, 6) is 1.03. The molecule has 0 saturated heterocycles. The Labute approximate surface area is 117 Å². The van der Waals surface area contributed by atoms with E-state index in [0.717, 1.165) is 23.3 Å². The average molecular weight is 273 g/mol. The van der Waals surface area contributed by atoms with Gasteiger partial charge in [0.15, 0.2) is 0 Å². The second kappa shape index (κ2) is 5.13. The van der Waals surface area contributed by atoms with Gasteiger partial charge in [0.05, 0.1) is 19.8 Å². The summed E-state index contributed by atoms with van der Waals surface area (Å²) in [5, 5.41) is 0. The highest BCUT2D eigenvalue weighted by molar-refractivity contribution is 5.44. The third kappa shape index (κ3) is 2.23. The summed E-state index contributed by atoms with van der Waals surface area (Å²) >= 11 is 0. The molecule has 1 aliphatic rings. The van der Waals surface area contributed by atoms with Crippen LogP contribution < -0.4 is 15.2 Å². The molecule has 0 bridgehead atoms. The predicted octanol–water partition coefficient (Wildman–Crippen LogP) is 2.82. The van der Waals surface area contributed by atoms with E-state index in [4.69, 9.17) is 15.2 Å². The molecule has 1 heterocycles. The second-order valence-electron chi connectivity index (χ2n) is 4.83. The van der Waals surface area contributed by atoms with Crippen molar-refractivity contribution in [3.8, 4) is 11.5 Å². The van der Waals surface area contributed by atoms with Crippen LogP contribution in [0.4, 0.5) is 4.39 Å².